The Morgan fingerprint density at radius 1 is 1.47 bits per heavy atom. The third-order valence-corrected chi connectivity index (χ3v) is 2.69. The first-order valence-corrected chi connectivity index (χ1v) is 6.00. The van der Waals surface area contributed by atoms with Crippen molar-refractivity contribution >= 4 is 23.1 Å². The molecule has 0 spiro atoms. The molecule has 1 unspecified atom stereocenters. The molecule has 3 N–H and O–H groups in total. The number of thiocarbonyl (C=S) groups is 1. The van der Waals surface area contributed by atoms with Crippen molar-refractivity contribution in [3.8, 4) is 5.75 Å². The molecule has 1 atom stereocenters. The topological polar surface area (TPSA) is 64.3 Å². The zero-order valence-electron chi connectivity index (χ0n) is 10.2. The fraction of sp³-hybridized carbons (Fsp3) is 0.333. The highest BCUT2D eigenvalue weighted by atomic mass is 32.1. The molecule has 1 aromatic rings. The number of rotatable bonds is 6. The molecular weight excluding hydrogens is 274 g/mol. The lowest BCUT2D eigenvalue weighted by atomic mass is 10.1. The van der Waals surface area contributed by atoms with Crippen LogP contribution in [-0.4, -0.2) is 23.5 Å². The van der Waals surface area contributed by atoms with E-state index in [0.717, 1.165) is 0 Å². The molecule has 104 valence electrons. The molecule has 0 radical (unpaired) electrons. The normalized spacial score (nSPS) is 12.0. The van der Waals surface area contributed by atoms with Gasteiger partial charge < -0.3 is 15.8 Å². The van der Waals surface area contributed by atoms with Crippen LogP contribution in [0.5, 0.6) is 5.75 Å². The number of hydrogen-bond donors (Lipinski definition) is 2. The van der Waals surface area contributed by atoms with Crippen LogP contribution in [0.3, 0.4) is 0 Å². The highest BCUT2D eigenvalue weighted by molar-refractivity contribution is 7.80. The van der Waals surface area contributed by atoms with Crippen molar-refractivity contribution < 1.29 is 18.3 Å². The Kier molecular flexibility index (Phi) is 5.62. The number of alkyl halides is 2. The van der Waals surface area contributed by atoms with E-state index in [2.05, 4.69) is 10.1 Å². The van der Waals surface area contributed by atoms with E-state index in [0.29, 0.717) is 6.42 Å². The van der Waals surface area contributed by atoms with Gasteiger partial charge in [0.25, 0.3) is 5.91 Å². The average molecular weight is 288 g/mol. The summed E-state index contributed by atoms with van der Waals surface area (Å²) in [6.07, 6.45) is 0.513. The van der Waals surface area contributed by atoms with Crippen molar-refractivity contribution in [3.05, 3.63) is 29.8 Å². The van der Waals surface area contributed by atoms with Crippen LogP contribution < -0.4 is 15.8 Å². The molecule has 7 heteroatoms. The molecule has 1 aromatic carbocycles. The molecule has 0 saturated heterocycles. The summed E-state index contributed by atoms with van der Waals surface area (Å²) in [4.78, 5) is 12.1. The summed E-state index contributed by atoms with van der Waals surface area (Å²) >= 11 is 4.80. The number of carbonyl (C=O) groups excluding carboxylic acids is 1. The smallest absolute Gasteiger partial charge is 0.387 e. The van der Waals surface area contributed by atoms with Crippen molar-refractivity contribution in [3.63, 3.8) is 0 Å². The van der Waals surface area contributed by atoms with Crippen LogP contribution in [0, 0.1) is 0 Å². The second-order valence-electron chi connectivity index (χ2n) is 3.71. The zero-order valence-corrected chi connectivity index (χ0v) is 11.0. The number of halogens is 2. The Hall–Kier alpha value is -1.76. The van der Waals surface area contributed by atoms with Crippen LogP contribution in [0.15, 0.2) is 24.3 Å². The first-order valence-electron chi connectivity index (χ1n) is 5.59. The van der Waals surface area contributed by atoms with Crippen LogP contribution in [-0.2, 0) is 0 Å². The van der Waals surface area contributed by atoms with Gasteiger partial charge in [0.05, 0.1) is 16.6 Å². The Balaban J connectivity index is 2.90. The summed E-state index contributed by atoms with van der Waals surface area (Å²) in [5.74, 6) is -0.747. The van der Waals surface area contributed by atoms with E-state index in [1.165, 1.54) is 18.2 Å². The maximum absolute atomic E-state index is 12.2. The van der Waals surface area contributed by atoms with E-state index >= 15 is 0 Å². The maximum atomic E-state index is 12.2. The van der Waals surface area contributed by atoms with Crippen LogP contribution in [0.4, 0.5) is 8.78 Å². The highest BCUT2D eigenvalue weighted by Crippen LogP contribution is 2.20. The molecule has 0 fully saturated rings. The third-order valence-electron chi connectivity index (χ3n) is 2.40. The van der Waals surface area contributed by atoms with Crippen LogP contribution in [0.2, 0.25) is 0 Å². The number of benzene rings is 1. The van der Waals surface area contributed by atoms with Crippen molar-refractivity contribution in [1.82, 2.24) is 5.32 Å². The fourth-order valence-electron chi connectivity index (χ4n) is 1.46. The van der Waals surface area contributed by atoms with Gasteiger partial charge in [-0.1, -0.05) is 31.3 Å². The predicted molar refractivity (Wildman–Crippen MR) is 71.4 cm³/mol. The Morgan fingerprint density at radius 2 is 2.11 bits per heavy atom. The molecular formula is C12H14F2N2O2S. The van der Waals surface area contributed by atoms with Gasteiger partial charge in [-0.15, -0.1) is 0 Å². The molecule has 1 amide bonds. The first-order chi connectivity index (χ1) is 8.95. The standard InChI is InChI=1S/C12H14F2N2O2S/c1-2-8(10(15)19)16-11(17)7-5-3-4-6-9(7)18-12(13)14/h3-6,8,12H,2H2,1H3,(H2,15,19)(H,16,17). The number of nitrogens with two attached hydrogens (primary N) is 1. The summed E-state index contributed by atoms with van der Waals surface area (Å²) in [7, 11) is 0. The van der Waals surface area contributed by atoms with Crippen molar-refractivity contribution in [2.24, 2.45) is 5.73 Å². The number of para-hydroxylation sites is 1. The molecule has 1 rings (SSSR count). The lowest BCUT2D eigenvalue weighted by molar-refractivity contribution is -0.0501. The molecule has 0 aromatic heterocycles. The van der Waals surface area contributed by atoms with Gasteiger partial charge in [-0.05, 0) is 18.6 Å². The highest BCUT2D eigenvalue weighted by Gasteiger charge is 2.18. The van der Waals surface area contributed by atoms with E-state index in [-0.39, 0.29) is 16.3 Å². The average Bonchev–Trinajstić information content (AvgIpc) is 2.35. The minimum Gasteiger partial charge on any atom is -0.434 e. The Morgan fingerprint density at radius 3 is 2.63 bits per heavy atom. The van der Waals surface area contributed by atoms with E-state index < -0.39 is 18.6 Å². The first kappa shape index (κ1) is 15.3. The summed E-state index contributed by atoms with van der Waals surface area (Å²) < 4.78 is 28.7. The van der Waals surface area contributed by atoms with E-state index in [9.17, 15) is 13.6 Å². The van der Waals surface area contributed by atoms with Gasteiger partial charge in [0.1, 0.15) is 5.75 Å². The zero-order chi connectivity index (χ0) is 14.4. The molecule has 0 bridgehead atoms. The van der Waals surface area contributed by atoms with E-state index in [1.807, 2.05) is 0 Å². The number of carbonyl (C=O) groups is 1. The lowest BCUT2D eigenvalue weighted by Crippen LogP contribution is -2.43. The number of amides is 1. The monoisotopic (exact) mass is 288 g/mol. The molecule has 0 aliphatic rings. The Bertz CT molecular complexity index is 469. The third kappa shape index (κ3) is 4.44. The predicted octanol–water partition coefficient (Wildman–Crippen LogP) is 2.08. The van der Waals surface area contributed by atoms with Gasteiger partial charge in [-0.2, -0.15) is 8.78 Å². The molecule has 0 heterocycles. The summed E-state index contributed by atoms with van der Waals surface area (Å²) in [5.41, 5.74) is 5.47. The molecule has 19 heavy (non-hydrogen) atoms. The Labute approximate surface area is 114 Å². The minimum absolute atomic E-state index is 0.0116. The molecule has 0 aliphatic heterocycles. The summed E-state index contributed by atoms with van der Waals surface area (Å²) in [6, 6.07) is 5.25. The van der Waals surface area contributed by atoms with Crippen molar-refractivity contribution in [2.75, 3.05) is 0 Å². The molecule has 0 saturated carbocycles. The quantitative estimate of drug-likeness (QED) is 0.787. The second-order valence-corrected chi connectivity index (χ2v) is 4.18. The van der Waals surface area contributed by atoms with E-state index in [4.69, 9.17) is 18.0 Å². The van der Waals surface area contributed by atoms with Crippen molar-refractivity contribution in [1.29, 1.82) is 0 Å². The van der Waals surface area contributed by atoms with Gasteiger partial charge in [-0.25, -0.2) is 0 Å². The van der Waals surface area contributed by atoms with Crippen LogP contribution in [0.1, 0.15) is 23.7 Å². The molecule has 4 nitrogen and oxygen atoms in total. The van der Waals surface area contributed by atoms with Crippen molar-refractivity contribution in [2.45, 2.75) is 26.0 Å². The van der Waals surface area contributed by atoms with Gasteiger partial charge in [0, 0.05) is 0 Å². The molecule has 0 aliphatic carbocycles. The minimum atomic E-state index is -2.99. The SMILES string of the molecule is CCC(NC(=O)c1ccccc1OC(F)F)C(N)=S. The summed E-state index contributed by atoms with van der Waals surface area (Å²) in [6.45, 7) is -1.20. The van der Waals surface area contributed by atoms with Gasteiger partial charge in [0.2, 0.25) is 0 Å². The van der Waals surface area contributed by atoms with Gasteiger partial charge >= 0.3 is 6.61 Å². The van der Waals surface area contributed by atoms with Crippen LogP contribution in [0.25, 0.3) is 0 Å². The maximum Gasteiger partial charge on any atom is 0.387 e. The number of nitrogens with one attached hydrogen (secondary N) is 1. The second kappa shape index (κ2) is 6.98. The number of ether oxygens (including phenoxy) is 1. The summed E-state index contributed by atoms with van der Waals surface area (Å²) in [5, 5.41) is 2.57. The van der Waals surface area contributed by atoms with E-state index in [1.54, 1.807) is 13.0 Å². The van der Waals surface area contributed by atoms with Gasteiger partial charge in [0.15, 0.2) is 0 Å². The number of hydrogen-bond acceptors (Lipinski definition) is 3. The fourth-order valence-corrected chi connectivity index (χ4v) is 1.69. The van der Waals surface area contributed by atoms with Crippen LogP contribution >= 0.6 is 12.2 Å². The van der Waals surface area contributed by atoms with Gasteiger partial charge in [-0.3, -0.25) is 4.79 Å². The lowest BCUT2D eigenvalue weighted by Gasteiger charge is -2.16. The largest absolute Gasteiger partial charge is 0.434 e.